The van der Waals surface area contributed by atoms with Gasteiger partial charge in [-0.25, -0.2) is 4.99 Å². The second-order valence-electron chi connectivity index (χ2n) is 5.25. The molecule has 1 unspecified atom stereocenters. The van der Waals surface area contributed by atoms with Gasteiger partial charge in [0.25, 0.3) is 0 Å². The Morgan fingerprint density at radius 3 is 2.75 bits per heavy atom. The lowest BCUT2D eigenvalue weighted by molar-refractivity contribution is 0.323. The molecule has 1 aromatic carbocycles. The third-order valence-corrected chi connectivity index (χ3v) is 3.38. The van der Waals surface area contributed by atoms with Crippen LogP contribution in [0.15, 0.2) is 28.2 Å². The predicted molar refractivity (Wildman–Crippen MR) is 86.3 cm³/mol. The quantitative estimate of drug-likeness (QED) is 0.829. The second kappa shape index (κ2) is 6.18. The summed E-state index contributed by atoms with van der Waals surface area (Å²) in [6, 6.07) is 6.75. The maximum Gasteiger partial charge on any atom is 0.138 e. The smallest absolute Gasteiger partial charge is 0.138 e. The van der Waals surface area contributed by atoms with Crippen molar-refractivity contribution in [2.45, 2.75) is 26.8 Å². The van der Waals surface area contributed by atoms with E-state index in [9.17, 15) is 0 Å². The van der Waals surface area contributed by atoms with Crippen molar-refractivity contribution in [1.82, 2.24) is 9.80 Å². The lowest BCUT2D eigenvalue weighted by Crippen LogP contribution is -2.43. The van der Waals surface area contributed by atoms with E-state index in [1.54, 1.807) is 0 Å². The van der Waals surface area contributed by atoms with Crippen LogP contribution < -0.4 is 0 Å². The van der Waals surface area contributed by atoms with Crippen molar-refractivity contribution >= 4 is 17.9 Å². The molecule has 0 bridgehead atoms. The van der Waals surface area contributed by atoms with E-state index in [1.807, 2.05) is 20.2 Å². The minimum atomic E-state index is 0.410. The average Bonchev–Trinajstić information content (AvgIpc) is 2.84. The number of fused-ring (bicyclic) bond motifs is 3. The molecule has 2 heterocycles. The first-order chi connectivity index (χ1) is 9.65. The summed E-state index contributed by atoms with van der Waals surface area (Å²) < 4.78 is 0. The SMILES string of the molecule is CC.Cc1ccc2c(c1)C1=NCC(CN(C)C)N1C=N2. The highest BCUT2D eigenvalue weighted by Gasteiger charge is 2.31. The Labute approximate surface area is 121 Å². The Bertz CT molecular complexity index is 531. The molecule has 0 N–H and O–H groups in total. The van der Waals surface area contributed by atoms with Crippen molar-refractivity contribution in [3.8, 4) is 0 Å². The first kappa shape index (κ1) is 14.7. The van der Waals surface area contributed by atoms with E-state index in [1.165, 1.54) is 11.1 Å². The van der Waals surface area contributed by atoms with Crippen LogP contribution in [0.5, 0.6) is 0 Å². The molecule has 1 atom stereocenters. The van der Waals surface area contributed by atoms with Gasteiger partial charge in [0.1, 0.15) is 5.84 Å². The number of hydrogen-bond donors (Lipinski definition) is 0. The molecule has 0 fully saturated rings. The zero-order valence-electron chi connectivity index (χ0n) is 13.1. The van der Waals surface area contributed by atoms with Gasteiger partial charge in [0.05, 0.1) is 24.6 Å². The minimum Gasteiger partial charge on any atom is -0.311 e. The molecule has 3 rings (SSSR count). The fraction of sp³-hybridized carbons (Fsp3) is 0.500. The van der Waals surface area contributed by atoms with Gasteiger partial charge in [0.2, 0.25) is 0 Å². The molecule has 0 radical (unpaired) electrons. The molecule has 0 saturated carbocycles. The van der Waals surface area contributed by atoms with Crippen LogP contribution in [0.1, 0.15) is 25.0 Å². The average molecular weight is 272 g/mol. The van der Waals surface area contributed by atoms with Crippen LogP contribution in [0.2, 0.25) is 0 Å². The molecule has 108 valence electrons. The van der Waals surface area contributed by atoms with E-state index in [0.717, 1.165) is 24.6 Å². The highest BCUT2D eigenvalue weighted by atomic mass is 15.3. The molecule has 0 amide bonds. The van der Waals surface area contributed by atoms with Gasteiger partial charge in [-0.2, -0.15) is 0 Å². The van der Waals surface area contributed by atoms with Crippen LogP contribution in [0.3, 0.4) is 0 Å². The lowest BCUT2D eigenvalue weighted by atomic mass is 10.1. The molecule has 2 aliphatic heterocycles. The molecule has 4 heteroatoms. The zero-order valence-corrected chi connectivity index (χ0v) is 13.1. The number of likely N-dealkylation sites (N-methyl/N-ethyl adjacent to an activating group) is 1. The number of amidine groups is 1. The van der Waals surface area contributed by atoms with Crippen LogP contribution >= 0.6 is 0 Å². The van der Waals surface area contributed by atoms with Crippen LogP contribution in [0.25, 0.3) is 0 Å². The van der Waals surface area contributed by atoms with Crippen molar-refractivity contribution in [3.63, 3.8) is 0 Å². The van der Waals surface area contributed by atoms with Crippen molar-refractivity contribution in [3.05, 3.63) is 29.3 Å². The maximum absolute atomic E-state index is 4.70. The van der Waals surface area contributed by atoms with Gasteiger partial charge in [-0.3, -0.25) is 4.99 Å². The Morgan fingerprint density at radius 1 is 1.30 bits per heavy atom. The fourth-order valence-corrected chi connectivity index (χ4v) is 2.54. The summed E-state index contributed by atoms with van der Waals surface area (Å²) in [5.41, 5.74) is 3.45. The third kappa shape index (κ3) is 2.75. The van der Waals surface area contributed by atoms with Gasteiger partial charge >= 0.3 is 0 Å². The van der Waals surface area contributed by atoms with E-state index >= 15 is 0 Å². The number of nitrogens with zero attached hydrogens (tertiary/aromatic N) is 4. The highest BCUT2D eigenvalue weighted by Crippen LogP contribution is 2.29. The predicted octanol–water partition coefficient (Wildman–Crippen LogP) is 2.69. The van der Waals surface area contributed by atoms with Gasteiger partial charge in [-0.05, 0) is 33.2 Å². The summed E-state index contributed by atoms with van der Waals surface area (Å²) in [4.78, 5) is 13.6. The summed E-state index contributed by atoms with van der Waals surface area (Å²) in [5.74, 6) is 1.08. The number of benzene rings is 1. The number of rotatable bonds is 2. The standard InChI is InChI=1S/C14H18N4.C2H6/c1-10-4-5-13-12(6-10)14-15-7-11(8-17(2)3)18(14)9-16-13;1-2/h4-6,9,11H,7-8H2,1-3H3;1-2H3. The number of aryl methyl sites for hydroxylation is 1. The molecular weight excluding hydrogens is 248 g/mol. The van der Waals surface area contributed by atoms with Gasteiger partial charge < -0.3 is 9.80 Å². The molecule has 2 aliphatic rings. The Morgan fingerprint density at radius 2 is 2.05 bits per heavy atom. The van der Waals surface area contributed by atoms with Gasteiger partial charge in [-0.15, -0.1) is 0 Å². The molecule has 0 aromatic heterocycles. The van der Waals surface area contributed by atoms with Gasteiger partial charge in [0, 0.05) is 12.1 Å². The lowest BCUT2D eigenvalue weighted by Gasteiger charge is -2.28. The van der Waals surface area contributed by atoms with E-state index in [4.69, 9.17) is 4.99 Å². The van der Waals surface area contributed by atoms with Crippen LogP contribution in [-0.2, 0) is 0 Å². The molecule has 1 aromatic rings. The Hall–Kier alpha value is -1.68. The molecule has 0 saturated heterocycles. The summed E-state index contributed by atoms with van der Waals surface area (Å²) in [7, 11) is 4.19. The van der Waals surface area contributed by atoms with E-state index in [2.05, 4.69) is 54.0 Å². The third-order valence-electron chi connectivity index (χ3n) is 3.38. The first-order valence-electron chi connectivity index (χ1n) is 7.28. The summed E-state index contributed by atoms with van der Waals surface area (Å²) in [5, 5.41) is 0. The zero-order chi connectivity index (χ0) is 14.7. The van der Waals surface area contributed by atoms with Gasteiger partial charge in [0.15, 0.2) is 0 Å². The first-order valence-corrected chi connectivity index (χ1v) is 7.28. The monoisotopic (exact) mass is 272 g/mol. The molecular formula is C16H24N4. The van der Waals surface area contributed by atoms with Crippen LogP contribution in [0.4, 0.5) is 5.69 Å². The summed E-state index contributed by atoms with van der Waals surface area (Å²) in [6.45, 7) is 7.96. The number of aliphatic imine (C=N–C) groups is 2. The molecule has 20 heavy (non-hydrogen) atoms. The number of hydrogen-bond acceptors (Lipinski definition) is 4. The molecule has 0 aliphatic carbocycles. The van der Waals surface area contributed by atoms with Crippen molar-refractivity contribution in [1.29, 1.82) is 0 Å². The minimum absolute atomic E-state index is 0.410. The largest absolute Gasteiger partial charge is 0.311 e. The van der Waals surface area contributed by atoms with E-state index in [0.29, 0.717) is 6.04 Å². The fourth-order valence-electron chi connectivity index (χ4n) is 2.54. The summed E-state index contributed by atoms with van der Waals surface area (Å²) >= 11 is 0. The maximum atomic E-state index is 4.70. The van der Waals surface area contributed by atoms with E-state index < -0.39 is 0 Å². The van der Waals surface area contributed by atoms with E-state index in [-0.39, 0.29) is 0 Å². The topological polar surface area (TPSA) is 31.2 Å². The van der Waals surface area contributed by atoms with Crippen LogP contribution in [-0.4, -0.2) is 55.2 Å². The van der Waals surface area contributed by atoms with Crippen LogP contribution in [0, 0.1) is 6.92 Å². The summed E-state index contributed by atoms with van der Waals surface area (Å²) in [6.07, 6.45) is 1.93. The van der Waals surface area contributed by atoms with Crippen molar-refractivity contribution in [2.24, 2.45) is 9.98 Å². The van der Waals surface area contributed by atoms with Crippen molar-refractivity contribution in [2.75, 3.05) is 27.2 Å². The Balaban J connectivity index is 0.000000704. The molecule has 0 spiro atoms. The second-order valence-corrected chi connectivity index (χ2v) is 5.25. The van der Waals surface area contributed by atoms with Gasteiger partial charge in [-0.1, -0.05) is 25.5 Å². The molecule has 4 nitrogen and oxygen atoms in total. The Kier molecular flexibility index (Phi) is 4.55. The normalized spacial score (nSPS) is 19.2. The van der Waals surface area contributed by atoms with Crippen molar-refractivity contribution < 1.29 is 0 Å². The highest BCUT2D eigenvalue weighted by molar-refractivity contribution is 6.11.